The van der Waals surface area contributed by atoms with Crippen LogP contribution in [-0.4, -0.2) is 19.5 Å². The minimum atomic E-state index is -0.247. The lowest BCUT2D eigenvalue weighted by Crippen LogP contribution is -2.17. The Balaban J connectivity index is 1.24. The van der Waals surface area contributed by atoms with Gasteiger partial charge in [0, 0.05) is 62.1 Å². The molecule has 218 valence electrons. The van der Waals surface area contributed by atoms with Crippen molar-refractivity contribution in [3.05, 3.63) is 157 Å². The maximum atomic E-state index is 5.36. The Labute approximate surface area is 267 Å². The summed E-state index contributed by atoms with van der Waals surface area (Å²) in [7, 11) is 0. The second-order valence-corrected chi connectivity index (χ2v) is 12.5. The maximum absolute atomic E-state index is 5.36. The fourth-order valence-electron chi connectivity index (χ4n) is 7.30. The molecule has 0 atom stereocenters. The Morgan fingerprint density at radius 1 is 0.543 bits per heavy atom. The number of hydrogen-bond donors (Lipinski definition) is 0. The zero-order valence-corrected chi connectivity index (χ0v) is 25.6. The van der Waals surface area contributed by atoms with E-state index in [1.165, 1.54) is 38.5 Å². The van der Waals surface area contributed by atoms with Crippen LogP contribution >= 0.6 is 0 Å². The van der Waals surface area contributed by atoms with Crippen LogP contribution in [0, 0.1) is 0 Å². The summed E-state index contributed by atoms with van der Waals surface area (Å²) in [5.41, 5.74) is 13.1. The van der Waals surface area contributed by atoms with E-state index in [1.807, 2.05) is 12.3 Å². The average Bonchev–Trinajstić information content (AvgIpc) is 3.57. The van der Waals surface area contributed by atoms with Crippen molar-refractivity contribution in [1.82, 2.24) is 19.5 Å². The minimum absolute atomic E-state index is 0.247. The number of hydrogen-bond acceptors (Lipinski definition) is 3. The summed E-state index contributed by atoms with van der Waals surface area (Å²) in [6.07, 6.45) is 3.69. The van der Waals surface area contributed by atoms with Crippen molar-refractivity contribution < 1.29 is 0 Å². The lowest BCUT2D eigenvalue weighted by atomic mass is 9.81. The third kappa shape index (κ3) is 3.97. The highest BCUT2D eigenvalue weighted by molar-refractivity contribution is 6.09. The first kappa shape index (κ1) is 26.5. The molecular weight excluding hydrogens is 560 g/mol. The molecule has 3 aromatic heterocycles. The Hall–Kier alpha value is -5.87. The second-order valence-electron chi connectivity index (χ2n) is 12.5. The molecule has 4 heteroatoms. The third-order valence-electron chi connectivity index (χ3n) is 9.48. The molecule has 0 saturated carbocycles. The lowest BCUT2D eigenvalue weighted by molar-refractivity contribution is 0.658. The normalized spacial score (nSPS) is 13.2. The molecule has 0 amide bonds. The van der Waals surface area contributed by atoms with E-state index in [0.29, 0.717) is 0 Å². The molecule has 0 spiro atoms. The zero-order chi connectivity index (χ0) is 30.8. The number of aromatic nitrogens is 4. The van der Waals surface area contributed by atoms with Crippen molar-refractivity contribution in [2.24, 2.45) is 0 Å². The number of para-hydroxylation sites is 2. The van der Waals surface area contributed by atoms with Gasteiger partial charge in [-0.2, -0.15) is 0 Å². The van der Waals surface area contributed by atoms with Gasteiger partial charge in [0.2, 0.25) is 0 Å². The van der Waals surface area contributed by atoms with E-state index in [9.17, 15) is 0 Å². The molecule has 1 aliphatic rings. The topological polar surface area (TPSA) is 43.6 Å². The zero-order valence-electron chi connectivity index (χ0n) is 25.6. The van der Waals surface area contributed by atoms with Crippen LogP contribution in [0.2, 0.25) is 0 Å². The Bertz CT molecular complexity index is 2380. The number of benzene rings is 5. The molecule has 8 aromatic rings. The van der Waals surface area contributed by atoms with Crippen LogP contribution in [0.25, 0.3) is 72.5 Å². The van der Waals surface area contributed by atoms with Crippen LogP contribution in [0.1, 0.15) is 25.0 Å². The molecule has 3 heterocycles. The predicted molar refractivity (Wildman–Crippen MR) is 188 cm³/mol. The van der Waals surface area contributed by atoms with E-state index >= 15 is 0 Å². The summed E-state index contributed by atoms with van der Waals surface area (Å²) in [6, 6.07) is 47.3. The molecule has 0 saturated heterocycles. The fraction of sp³-hybridized carbons (Fsp3) is 0.0714. The molecule has 0 radical (unpaired) electrons. The van der Waals surface area contributed by atoms with Crippen molar-refractivity contribution in [1.29, 1.82) is 0 Å². The van der Waals surface area contributed by atoms with E-state index in [-0.39, 0.29) is 5.41 Å². The Morgan fingerprint density at radius 2 is 1.20 bits per heavy atom. The Kier molecular flexibility index (Phi) is 5.81. The van der Waals surface area contributed by atoms with E-state index in [4.69, 9.17) is 9.97 Å². The summed E-state index contributed by atoms with van der Waals surface area (Å²) in [5, 5.41) is 2.52. The summed E-state index contributed by atoms with van der Waals surface area (Å²) < 4.78 is 2.36. The van der Waals surface area contributed by atoms with Crippen molar-refractivity contribution in [2.45, 2.75) is 19.3 Å². The van der Waals surface area contributed by atoms with Gasteiger partial charge < -0.3 is 4.57 Å². The molecule has 1 aliphatic carbocycles. The summed E-state index contributed by atoms with van der Waals surface area (Å²) >= 11 is 0. The molecule has 5 aromatic carbocycles. The smallest absolute Gasteiger partial charge is 0.160 e. The SMILES string of the molecule is CC1(C)c2ccccc2-c2nc(-c3cccc(-c4cccnc4)c3)nc(-c3ccc(-n4c5ccccc5c5ccccc54)cc3)c21. The average molecular weight is 591 g/mol. The van der Waals surface area contributed by atoms with Crippen LogP contribution in [-0.2, 0) is 5.41 Å². The van der Waals surface area contributed by atoms with Gasteiger partial charge in [-0.1, -0.05) is 111 Å². The third-order valence-corrected chi connectivity index (χ3v) is 9.48. The molecule has 0 unspecified atom stereocenters. The quantitative estimate of drug-likeness (QED) is 0.205. The van der Waals surface area contributed by atoms with Crippen LogP contribution in [0.3, 0.4) is 0 Å². The maximum Gasteiger partial charge on any atom is 0.160 e. The summed E-state index contributed by atoms with van der Waals surface area (Å²) in [6.45, 7) is 4.58. The number of pyridine rings is 1. The van der Waals surface area contributed by atoms with Gasteiger partial charge in [-0.3, -0.25) is 4.98 Å². The predicted octanol–water partition coefficient (Wildman–Crippen LogP) is 10.3. The van der Waals surface area contributed by atoms with Gasteiger partial charge in [0.25, 0.3) is 0 Å². The van der Waals surface area contributed by atoms with Crippen molar-refractivity contribution in [3.8, 4) is 50.7 Å². The fourth-order valence-corrected chi connectivity index (χ4v) is 7.30. The van der Waals surface area contributed by atoms with Crippen molar-refractivity contribution in [2.75, 3.05) is 0 Å². The Morgan fingerprint density at radius 3 is 1.93 bits per heavy atom. The van der Waals surface area contributed by atoms with E-state index < -0.39 is 0 Å². The van der Waals surface area contributed by atoms with Gasteiger partial charge in [-0.15, -0.1) is 0 Å². The largest absolute Gasteiger partial charge is 0.309 e. The molecule has 46 heavy (non-hydrogen) atoms. The van der Waals surface area contributed by atoms with Gasteiger partial charge >= 0.3 is 0 Å². The lowest BCUT2D eigenvalue weighted by Gasteiger charge is -2.24. The standard InChI is InChI=1S/C42H30N4/c1-42(2)35-17-6-3-16-34(35)40-38(42)39(44-41(45-40)29-12-9-11-28(25-29)30-13-10-24-43-26-30)27-20-22-31(23-21-27)46-36-18-7-4-14-32(36)33-15-5-8-19-37(33)46/h3-26H,1-2H3. The summed E-state index contributed by atoms with van der Waals surface area (Å²) in [4.78, 5) is 15.0. The molecule has 0 aliphatic heterocycles. The molecule has 4 nitrogen and oxygen atoms in total. The van der Waals surface area contributed by atoms with Crippen LogP contribution in [0.4, 0.5) is 0 Å². The number of fused-ring (bicyclic) bond motifs is 6. The molecule has 0 fully saturated rings. The van der Waals surface area contributed by atoms with Crippen LogP contribution in [0.15, 0.2) is 146 Å². The van der Waals surface area contributed by atoms with Crippen LogP contribution in [0.5, 0.6) is 0 Å². The monoisotopic (exact) mass is 590 g/mol. The molecular formula is C42H30N4. The molecule has 9 rings (SSSR count). The van der Waals surface area contributed by atoms with E-state index in [1.54, 1.807) is 6.20 Å². The van der Waals surface area contributed by atoms with Gasteiger partial charge in [0.15, 0.2) is 5.82 Å². The number of nitrogens with zero attached hydrogens (tertiary/aromatic N) is 4. The van der Waals surface area contributed by atoms with Gasteiger partial charge in [-0.25, -0.2) is 9.97 Å². The highest BCUT2D eigenvalue weighted by Crippen LogP contribution is 2.51. The van der Waals surface area contributed by atoms with E-state index in [2.05, 4.69) is 151 Å². The van der Waals surface area contributed by atoms with Gasteiger partial charge in [0.1, 0.15) is 0 Å². The first-order valence-electron chi connectivity index (χ1n) is 15.7. The first-order chi connectivity index (χ1) is 22.6. The van der Waals surface area contributed by atoms with Gasteiger partial charge in [0.05, 0.1) is 22.4 Å². The van der Waals surface area contributed by atoms with Crippen molar-refractivity contribution >= 4 is 21.8 Å². The van der Waals surface area contributed by atoms with Crippen molar-refractivity contribution in [3.63, 3.8) is 0 Å². The molecule has 0 N–H and O–H groups in total. The first-order valence-corrected chi connectivity index (χ1v) is 15.7. The van der Waals surface area contributed by atoms with E-state index in [0.717, 1.165) is 45.2 Å². The summed E-state index contributed by atoms with van der Waals surface area (Å²) in [5.74, 6) is 0.721. The highest BCUT2D eigenvalue weighted by atomic mass is 15.0. The second kappa shape index (κ2) is 10.1. The minimum Gasteiger partial charge on any atom is -0.309 e. The number of rotatable bonds is 4. The van der Waals surface area contributed by atoms with Gasteiger partial charge in [-0.05, 0) is 47.5 Å². The highest BCUT2D eigenvalue weighted by Gasteiger charge is 2.40. The molecule has 0 bridgehead atoms. The van der Waals surface area contributed by atoms with Crippen LogP contribution < -0.4 is 0 Å².